The van der Waals surface area contributed by atoms with Gasteiger partial charge in [0.2, 0.25) is 0 Å². The molecule has 6 heteroatoms. The molecule has 0 bridgehead atoms. The van der Waals surface area contributed by atoms with E-state index in [4.69, 9.17) is 9.41 Å². The van der Waals surface area contributed by atoms with Crippen LogP contribution in [0.5, 0.6) is 0 Å². The molecule has 2 heterocycles. The second-order valence-electron chi connectivity index (χ2n) is 7.70. The van der Waals surface area contributed by atoms with E-state index in [-0.39, 0.29) is 30.0 Å². The van der Waals surface area contributed by atoms with E-state index >= 15 is 0 Å². The van der Waals surface area contributed by atoms with Gasteiger partial charge in [-0.3, -0.25) is 4.99 Å². The number of piperidine rings is 1. The van der Waals surface area contributed by atoms with Crippen molar-refractivity contribution in [1.29, 1.82) is 0 Å². The highest BCUT2D eigenvalue weighted by Crippen LogP contribution is 2.18. The second-order valence-corrected chi connectivity index (χ2v) is 7.70. The Morgan fingerprint density at radius 2 is 2.12 bits per heavy atom. The van der Waals surface area contributed by atoms with Gasteiger partial charge in [-0.1, -0.05) is 13.8 Å². The van der Waals surface area contributed by atoms with Crippen molar-refractivity contribution in [2.45, 2.75) is 53.5 Å². The van der Waals surface area contributed by atoms with Crippen LogP contribution in [0.4, 0.5) is 0 Å². The molecule has 1 aromatic heterocycles. The van der Waals surface area contributed by atoms with Gasteiger partial charge in [0, 0.05) is 26.2 Å². The van der Waals surface area contributed by atoms with E-state index in [0.29, 0.717) is 5.92 Å². The molecule has 0 aromatic carbocycles. The van der Waals surface area contributed by atoms with E-state index in [2.05, 4.69) is 43.2 Å². The van der Waals surface area contributed by atoms with Crippen LogP contribution in [-0.4, -0.2) is 43.6 Å². The van der Waals surface area contributed by atoms with E-state index in [1.807, 2.05) is 19.1 Å². The molecule has 1 aliphatic heterocycles. The summed E-state index contributed by atoms with van der Waals surface area (Å²) >= 11 is 0. The quantitative estimate of drug-likeness (QED) is 0.352. The molecule has 1 aromatic rings. The number of hydrogen-bond donors (Lipinski definition) is 2. The first-order valence-corrected chi connectivity index (χ1v) is 9.81. The van der Waals surface area contributed by atoms with E-state index < -0.39 is 0 Å². The maximum Gasteiger partial charge on any atom is 0.191 e. The largest absolute Gasteiger partial charge is 0.464 e. The molecule has 0 aliphatic carbocycles. The predicted molar refractivity (Wildman–Crippen MR) is 120 cm³/mol. The first-order chi connectivity index (χ1) is 12.0. The minimum atomic E-state index is 0. The average Bonchev–Trinajstić information content (AvgIpc) is 2.99. The summed E-state index contributed by atoms with van der Waals surface area (Å²) in [7, 11) is 0. The Bertz CT molecular complexity index is 544. The highest BCUT2D eigenvalue weighted by Gasteiger charge is 2.20. The lowest BCUT2D eigenvalue weighted by molar-refractivity contribution is 0.162. The van der Waals surface area contributed by atoms with Crippen LogP contribution in [0.1, 0.15) is 58.1 Å². The fourth-order valence-electron chi connectivity index (χ4n) is 3.49. The third-order valence-electron chi connectivity index (χ3n) is 4.62. The Morgan fingerprint density at radius 3 is 2.73 bits per heavy atom. The second kappa shape index (κ2) is 11.8. The van der Waals surface area contributed by atoms with Crippen molar-refractivity contribution in [3.8, 4) is 0 Å². The summed E-state index contributed by atoms with van der Waals surface area (Å²) in [5.41, 5.74) is 0. The fourth-order valence-corrected chi connectivity index (χ4v) is 3.49. The molecule has 2 N–H and O–H groups in total. The third-order valence-corrected chi connectivity index (χ3v) is 4.62. The molecule has 26 heavy (non-hydrogen) atoms. The minimum absolute atomic E-state index is 0. The molecule has 2 atom stereocenters. The monoisotopic (exact) mass is 476 g/mol. The lowest BCUT2D eigenvalue weighted by Gasteiger charge is -2.33. The first kappa shape index (κ1) is 23.3. The van der Waals surface area contributed by atoms with Crippen molar-refractivity contribution in [2.75, 3.05) is 32.7 Å². The maximum atomic E-state index is 5.72. The molecule has 0 radical (unpaired) electrons. The number of halogens is 1. The molecule has 5 nitrogen and oxygen atoms in total. The maximum absolute atomic E-state index is 5.72. The third kappa shape index (κ3) is 7.86. The summed E-state index contributed by atoms with van der Waals surface area (Å²) in [4.78, 5) is 7.45. The molecule has 1 fully saturated rings. The molecule has 0 spiro atoms. The number of aryl methyl sites for hydroxylation is 1. The van der Waals surface area contributed by atoms with E-state index in [0.717, 1.165) is 36.5 Å². The highest BCUT2D eigenvalue weighted by molar-refractivity contribution is 14.0. The SMILES string of the molecule is CCNC(=NCC1CCCN(CC(C)C)C1)NC(C)c1ccc(C)o1.I. The minimum Gasteiger partial charge on any atom is -0.464 e. The number of nitrogens with zero attached hydrogens (tertiary/aromatic N) is 2. The summed E-state index contributed by atoms with van der Waals surface area (Å²) in [6.45, 7) is 16.1. The molecular formula is C20H37IN4O. The molecule has 0 saturated carbocycles. The smallest absolute Gasteiger partial charge is 0.191 e. The van der Waals surface area contributed by atoms with Crippen LogP contribution in [0.25, 0.3) is 0 Å². The van der Waals surface area contributed by atoms with Gasteiger partial charge in [0.25, 0.3) is 0 Å². The number of aliphatic imine (C=N–C) groups is 1. The Morgan fingerprint density at radius 1 is 1.35 bits per heavy atom. The van der Waals surface area contributed by atoms with Crippen molar-refractivity contribution in [2.24, 2.45) is 16.8 Å². The van der Waals surface area contributed by atoms with Gasteiger partial charge >= 0.3 is 0 Å². The van der Waals surface area contributed by atoms with Gasteiger partial charge < -0.3 is 20.0 Å². The lowest BCUT2D eigenvalue weighted by atomic mass is 9.97. The number of rotatable bonds is 7. The molecular weight excluding hydrogens is 439 g/mol. The Labute approximate surface area is 176 Å². The summed E-state index contributed by atoms with van der Waals surface area (Å²) in [5.74, 6) is 4.16. The lowest BCUT2D eigenvalue weighted by Crippen LogP contribution is -2.41. The fraction of sp³-hybridized carbons (Fsp3) is 0.750. The van der Waals surface area contributed by atoms with Crippen molar-refractivity contribution in [3.05, 3.63) is 23.7 Å². The summed E-state index contributed by atoms with van der Waals surface area (Å²) in [6, 6.07) is 4.14. The Kier molecular flexibility index (Phi) is 10.6. The van der Waals surface area contributed by atoms with E-state index in [9.17, 15) is 0 Å². The molecule has 1 saturated heterocycles. The number of nitrogens with one attached hydrogen (secondary N) is 2. The van der Waals surface area contributed by atoms with Crippen LogP contribution in [0.15, 0.2) is 21.5 Å². The zero-order valence-electron chi connectivity index (χ0n) is 17.0. The average molecular weight is 476 g/mol. The van der Waals surface area contributed by atoms with Crippen LogP contribution in [0, 0.1) is 18.8 Å². The molecule has 0 amide bonds. The summed E-state index contributed by atoms with van der Waals surface area (Å²) in [6.07, 6.45) is 2.57. The van der Waals surface area contributed by atoms with Crippen molar-refractivity contribution < 1.29 is 4.42 Å². The van der Waals surface area contributed by atoms with Crippen LogP contribution >= 0.6 is 24.0 Å². The highest BCUT2D eigenvalue weighted by atomic mass is 127. The zero-order valence-corrected chi connectivity index (χ0v) is 19.4. The van der Waals surface area contributed by atoms with Gasteiger partial charge in [-0.2, -0.15) is 0 Å². The van der Waals surface area contributed by atoms with Gasteiger partial charge in [0.05, 0.1) is 6.04 Å². The van der Waals surface area contributed by atoms with Crippen LogP contribution in [0.2, 0.25) is 0 Å². The molecule has 2 rings (SSSR count). The van der Waals surface area contributed by atoms with E-state index in [1.54, 1.807) is 0 Å². The standard InChI is InChI=1S/C20H36N4O.HI/c1-6-21-20(23-17(5)19-10-9-16(4)25-19)22-12-18-8-7-11-24(14-18)13-15(2)3;/h9-10,15,17-18H,6-8,11-14H2,1-5H3,(H2,21,22,23);1H. The number of furan rings is 1. The topological polar surface area (TPSA) is 52.8 Å². The Hall–Kier alpha value is -0.760. The van der Waals surface area contributed by atoms with Crippen molar-refractivity contribution >= 4 is 29.9 Å². The molecule has 1 aliphatic rings. The number of hydrogen-bond acceptors (Lipinski definition) is 3. The normalized spacial score (nSPS) is 19.9. The first-order valence-electron chi connectivity index (χ1n) is 9.81. The zero-order chi connectivity index (χ0) is 18.2. The van der Waals surface area contributed by atoms with Gasteiger partial charge in [0.15, 0.2) is 5.96 Å². The summed E-state index contributed by atoms with van der Waals surface area (Å²) < 4.78 is 5.72. The van der Waals surface area contributed by atoms with Crippen LogP contribution in [0.3, 0.4) is 0 Å². The summed E-state index contributed by atoms with van der Waals surface area (Å²) in [5, 5.41) is 6.82. The van der Waals surface area contributed by atoms with Gasteiger partial charge in [-0.15, -0.1) is 24.0 Å². The molecule has 150 valence electrons. The van der Waals surface area contributed by atoms with Crippen molar-refractivity contribution in [3.63, 3.8) is 0 Å². The van der Waals surface area contributed by atoms with Gasteiger partial charge in [0.1, 0.15) is 11.5 Å². The van der Waals surface area contributed by atoms with Crippen molar-refractivity contribution in [1.82, 2.24) is 15.5 Å². The van der Waals surface area contributed by atoms with Gasteiger partial charge in [-0.05, 0) is 64.1 Å². The number of likely N-dealkylation sites (tertiary alicyclic amines) is 1. The van der Waals surface area contributed by atoms with E-state index in [1.165, 1.54) is 32.5 Å². The van der Waals surface area contributed by atoms with Crippen LogP contribution in [-0.2, 0) is 0 Å². The van der Waals surface area contributed by atoms with Crippen LogP contribution < -0.4 is 10.6 Å². The number of guanidine groups is 1. The molecule has 2 unspecified atom stereocenters. The Balaban J connectivity index is 0.00000338. The van der Waals surface area contributed by atoms with Gasteiger partial charge in [-0.25, -0.2) is 0 Å². The predicted octanol–water partition coefficient (Wildman–Crippen LogP) is 4.19.